The van der Waals surface area contributed by atoms with Crippen molar-refractivity contribution in [3.05, 3.63) is 17.5 Å². The van der Waals surface area contributed by atoms with Crippen molar-refractivity contribution in [2.75, 3.05) is 11.9 Å². The van der Waals surface area contributed by atoms with Crippen LogP contribution in [-0.4, -0.2) is 22.4 Å². The molecule has 76 valence electrons. The van der Waals surface area contributed by atoms with Gasteiger partial charge in [0.15, 0.2) is 0 Å². The van der Waals surface area contributed by atoms with Gasteiger partial charge in [0.05, 0.1) is 6.20 Å². The van der Waals surface area contributed by atoms with E-state index in [0.717, 1.165) is 0 Å². The highest BCUT2D eigenvalue weighted by molar-refractivity contribution is 6.32. The van der Waals surface area contributed by atoms with Crippen LogP contribution < -0.4 is 5.32 Å². The molecule has 1 N–H and O–H groups in total. The first-order chi connectivity index (χ1) is 6.59. The molecule has 0 aromatic carbocycles. The van der Waals surface area contributed by atoms with Crippen molar-refractivity contribution < 1.29 is 8.78 Å². The molecule has 1 fully saturated rings. The molecule has 0 aliphatic heterocycles. The van der Waals surface area contributed by atoms with E-state index >= 15 is 0 Å². The summed E-state index contributed by atoms with van der Waals surface area (Å²) in [6.07, 6.45) is 2.68. The molecule has 1 saturated carbocycles. The van der Waals surface area contributed by atoms with Crippen molar-refractivity contribution in [1.82, 2.24) is 9.97 Å². The predicted molar refractivity (Wildman–Crippen MR) is 48.6 cm³/mol. The summed E-state index contributed by atoms with van der Waals surface area (Å²) in [7, 11) is 0. The van der Waals surface area contributed by atoms with E-state index in [9.17, 15) is 8.78 Å². The lowest BCUT2D eigenvalue weighted by molar-refractivity contribution is 0.101. The van der Waals surface area contributed by atoms with Crippen LogP contribution in [0.2, 0.25) is 5.02 Å². The van der Waals surface area contributed by atoms with E-state index in [0.29, 0.717) is 10.8 Å². The molecule has 1 aromatic rings. The third-order valence-electron chi connectivity index (χ3n) is 2.14. The van der Waals surface area contributed by atoms with E-state index in [-0.39, 0.29) is 13.0 Å². The van der Waals surface area contributed by atoms with Gasteiger partial charge in [-0.3, -0.25) is 0 Å². The summed E-state index contributed by atoms with van der Waals surface area (Å²) in [5.74, 6) is -2.69. The maximum absolute atomic E-state index is 12.5. The molecule has 1 unspecified atom stereocenters. The van der Waals surface area contributed by atoms with Crippen molar-refractivity contribution in [2.24, 2.45) is 5.92 Å². The third kappa shape index (κ3) is 1.92. The van der Waals surface area contributed by atoms with Crippen molar-refractivity contribution >= 4 is 17.4 Å². The molecular weight excluding hydrogens is 212 g/mol. The Morgan fingerprint density at radius 3 is 2.93 bits per heavy atom. The number of hydrogen-bond donors (Lipinski definition) is 1. The van der Waals surface area contributed by atoms with Gasteiger partial charge < -0.3 is 5.32 Å². The largest absolute Gasteiger partial charge is 0.368 e. The van der Waals surface area contributed by atoms with Crippen LogP contribution in [-0.2, 0) is 0 Å². The second kappa shape index (κ2) is 3.31. The Morgan fingerprint density at radius 1 is 1.64 bits per heavy atom. The van der Waals surface area contributed by atoms with Crippen LogP contribution in [0.3, 0.4) is 0 Å². The summed E-state index contributed by atoms with van der Waals surface area (Å²) in [4.78, 5) is 7.51. The molecule has 6 heteroatoms. The summed E-state index contributed by atoms with van der Waals surface area (Å²) in [5.41, 5.74) is 0. The minimum Gasteiger partial charge on any atom is -0.368 e. The number of rotatable bonds is 3. The van der Waals surface area contributed by atoms with Gasteiger partial charge in [0.25, 0.3) is 5.92 Å². The third-order valence-corrected chi connectivity index (χ3v) is 2.42. The Labute approximate surface area is 84.5 Å². The van der Waals surface area contributed by atoms with Crippen LogP contribution >= 0.6 is 11.6 Å². The molecule has 3 nitrogen and oxygen atoms in total. The molecule has 1 aliphatic carbocycles. The van der Waals surface area contributed by atoms with Crippen LogP contribution in [0.1, 0.15) is 6.42 Å². The number of nitrogens with one attached hydrogen (secondary N) is 1. The number of halogens is 3. The second-order valence-corrected chi connectivity index (χ2v) is 3.67. The highest BCUT2D eigenvalue weighted by atomic mass is 35.5. The van der Waals surface area contributed by atoms with Gasteiger partial charge in [-0.2, -0.15) is 0 Å². The fourth-order valence-corrected chi connectivity index (χ4v) is 1.33. The van der Waals surface area contributed by atoms with Crippen molar-refractivity contribution in [3.63, 3.8) is 0 Å². The first-order valence-corrected chi connectivity index (χ1v) is 4.54. The maximum Gasteiger partial charge on any atom is 0.253 e. The van der Waals surface area contributed by atoms with Gasteiger partial charge in [-0.25, -0.2) is 18.7 Å². The normalized spacial score (nSPS) is 23.2. The smallest absolute Gasteiger partial charge is 0.253 e. The number of alkyl halides is 2. The second-order valence-electron chi connectivity index (χ2n) is 3.26. The summed E-state index contributed by atoms with van der Waals surface area (Å²) >= 11 is 5.72. The molecule has 0 bridgehead atoms. The topological polar surface area (TPSA) is 37.8 Å². The zero-order valence-corrected chi connectivity index (χ0v) is 7.93. The summed E-state index contributed by atoms with van der Waals surface area (Å²) in [5, 5.41) is 3.11. The Bertz CT molecular complexity index is 345. The van der Waals surface area contributed by atoms with Gasteiger partial charge in [0, 0.05) is 18.9 Å². The van der Waals surface area contributed by atoms with Gasteiger partial charge in [0.2, 0.25) is 0 Å². The number of aromatic nitrogens is 2. The molecular formula is C8H8ClF2N3. The van der Waals surface area contributed by atoms with Crippen LogP contribution in [0.5, 0.6) is 0 Å². The van der Waals surface area contributed by atoms with Gasteiger partial charge in [-0.05, 0) is 0 Å². The minimum atomic E-state index is -2.51. The fourth-order valence-electron chi connectivity index (χ4n) is 1.15. The molecule has 0 spiro atoms. The first-order valence-electron chi connectivity index (χ1n) is 4.17. The molecule has 1 aromatic heterocycles. The zero-order valence-electron chi connectivity index (χ0n) is 7.17. The molecule has 14 heavy (non-hydrogen) atoms. The number of nitrogens with zero attached hydrogens (tertiary/aromatic N) is 2. The van der Waals surface area contributed by atoms with Crippen molar-refractivity contribution in [3.8, 4) is 0 Å². The van der Waals surface area contributed by atoms with Crippen LogP contribution in [0, 0.1) is 5.92 Å². The van der Waals surface area contributed by atoms with E-state index in [2.05, 4.69) is 15.3 Å². The number of hydrogen-bond acceptors (Lipinski definition) is 3. The quantitative estimate of drug-likeness (QED) is 0.847. The monoisotopic (exact) mass is 219 g/mol. The van der Waals surface area contributed by atoms with Crippen LogP contribution in [0.4, 0.5) is 14.6 Å². The molecule has 1 aliphatic rings. The summed E-state index contributed by atoms with van der Waals surface area (Å²) < 4.78 is 25.0. The number of anilines is 1. The van der Waals surface area contributed by atoms with Gasteiger partial charge in [-0.1, -0.05) is 11.6 Å². The van der Waals surface area contributed by atoms with Gasteiger partial charge >= 0.3 is 0 Å². The van der Waals surface area contributed by atoms with Crippen molar-refractivity contribution in [2.45, 2.75) is 12.3 Å². The molecule has 1 heterocycles. The van der Waals surface area contributed by atoms with Crippen molar-refractivity contribution in [1.29, 1.82) is 0 Å². The molecule has 1 atom stereocenters. The minimum absolute atomic E-state index is 0.0529. The summed E-state index contributed by atoms with van der Waals surface area (Å²) in [6.45, 7) is 0.198. The van der Waals surface area contributed by atoms with E-state index < -0.39 is 11.8 Å². The molecule has 2 rings (SSSR count). The van der Waals surface area contributed by atoms with Gasteiger partial charge in [-0.15, -0.1) is 0 Å². The average molecular weight is 220 g/mol. The van der Waals surface area contributed by atoms with E-state index in [1.165, 1.54) is 12.5 Å². The lowest BCUT2D eigenvalue weighted by atomic mass is 10.4. The molecule has 0 saturated heterocycles. The zero-order chi connectivity index (χ0) is 10.2. The Balaban J connectivity index is 1.90. The maximum atomic E-state index is 12.5. The molecule has 0 amide bonds. The van der Waals surface area contributed by atoms with E-state index in [1.807, 2.05) is 0 Å². The SMILES string of the molecule is FC1(F)CC1CNc1ncncc1Cl. The Hall–Kier alpha value is -0.970. The first kappa shape index (κ1) is 9.58. The van der Waals surface area contributed by atoms with E-state index in [4.69, 9.17) is 11.6 Å². The van der Waals surface area contributed by atoms with Crippen LogP contribution in [0.15, 0.2) is 12.5 Å². The van der Waals surface area contributed by atoms with Gasteiger partial charge in [0.1, 0.15) is 17.2 Å². The predicted octanol–water partition coefficient (Wildman–Crippen LogP) is 2.20. The van der Waals surface area contributed by atoms with E-state index in [1.54, 1.807) is 0 Å². The van der Waals surface area contributed by atoms with Crippen LogP contribution in [0.25, 0.3) is 0 Å². The lowest BCUT2D eigenvalue weighted by Crippen LogP contribution is -2.09. The lowest BCUT2D eigenvalue weighted by Gasteiger charge is -2.05. The Morgan fingerprint density at radius 2 is 2.36 bits per heavy atom. The highest BCUT2D eigenvalue weighted by Gasteiger charge is 2.56. The summed E-state index contributed by atoms with van der Waals surface area (Å²) in [6, 6.07) is 0. The Kier molecular flexibility index (Phi) is 2.26. The fraction of sp³-hybridized carbons (Fsp3) is 0.500. The molecule has 0 radical (unpaired) electrons. The average Bonchev–Trinajstić information content (AvgIpc) is 2.73. The highest BCUT2D eigenvalue weighted by Crippen LogP contribution is 2.48. The standard InChI is InChI=1S/C8H8ClF2N3/c9-6-3-12-4-14-7(6)13-2-5-1-8(5,10)11/h3-5H,1-2H2,(H,12,13,14).